The van der Waals surface area contributed by atoms with Crippen molar-refractivity contribution in [2.75, 3.05) is 11.9 Å². The van der Waals surface area contributed by atoms with Gasteiger partial charge in [-0.1, -0.05) is 6.07 Å². The standard InChI is InChI=1S/C17H21N3O/c1-4-18-15-10-16(20-17(19-15)13-6-7-13)21-14-8-5-11(2)12(3)9-14/h5,8-10,13H,4,6-7H2,1-3H3,(H,18,19,20). The molecule has 1 N–H and O–H groups in total. The van der Waals surface area contributed by atoms with E-state index < -0.39 is 0 Å². The van der Waals surface area contributed by atoms with E-state index >= 15 is 0 Å². The quantitative estimate of drug-likeness (QED) is 0.893. The largest absolute Gasteiger partial charge is 0.439 e. The Bertz CT molecular complexity index is 650. The van der Waals surface area contributed by atoms with Crippen LogP contribution in [0.25, 0.3) is 0 Å². The van der Waals surface area contributed by atoms with E-state index in [-0.39, 0.29) is 0 Å². The van der Waals surface area contributed by atoms with Gasteiger partial charge < -0.3 is 10.1 Å². The molecule has 3 rings (SSSR count). The van der Waals surface area contributed by atoms with Gasteiger partial charge in [-0.2, -0.15) is 4.98 Å². The van der Waals surface area contributed by atoms with Gasteiger partial charge >= 0.3 is 0 Å². The predicted molar refractivity (Wildman–Crippen MR) is 84.2 cm³/mol. The smallest absolute Gasteiger partial charge is 0.224 e. The maximum atomic E-state index is 5.93. The maximum absolute atomic E-state index is 5.93. The third-order valence-corrected chi connectivity index (χ3v) is 3.72. The van der Waals surface area contributed by atoms with E-state index in [4.69, 9.17) is 4.74 Å². The Morgan fingerprint density at radius 3 is 2.62 bits per heavy atom. The van der Waals surface area contributed by atoms with Crippen molar-refractivity contribution in [1.82, 2.24) is 9.97 Å². The number of rotatable bonds is 5. The predicted octanol–water partition coefficient (Wildman–Crippen LogP) is 4.19. The van der Waals surface area contributed by atoms with E-state index in [2.05, 4.69) is 42.1 Å². The van der Waals surface area contributed by atoms with Crippen molar-refractivity contribution < 1.29 is 4.74 Å². The lowest BCUT2D eigenvalue weighted by Gasteiger charge is -2.10. The molecule has 1 saturated carbocycles. The van der Waals surface area contributed by atoms with Crippen LogP contribution >= 0.6 is 0 Å². The molecular formula is C17H21N3O. The van der Waals surface area contributed by atoms with Crippen LogP contribution in [0.1, 0.15) is 42.6 Å². The molecule has 1 aromatic heterocycles. The van der Waals surface area contributed by atoms with E-state index in [0.29, 0.717) is 11.8 Å². The van der Waals surface area contributed by atoms with E-state index in [9.17, 15) is 0 Å². The van der Waals surface area contributed by atoms with Crippen molar-refractivity contribution in [2.24, 2.45) is 0 Å². The first kappa shape index (κ1) is 13.9. The van der Waals surface area contributed by atoms with Crippen LogP contribution in [0.2, 0.25) is 0 Å². The molecular weight excluding hydrogens is 262 g/mol. The number of ether oxygens (including phenoxy) is 1. The molecule has 0 radical (unpaired) electrons. The minimum atomic E-state index is 0.505. The Morgan fingerprint density at radius 1 is 1.14 bits per heavy atom. The highest BCUT2D eigenvalue weighted by Crippen LogP contribution is 2.39. The summed E-state index contributed by atoms with van der Waals surface area (Å²) in [6.07, 6.45) is 2.36. The molecule has 0 saturated heterocycles. The summed E-state index contributed by atoms with van der Waals surface area (Å²) >= 11 is 0. The molecule has 1 aromatic carbocycles. The highest BCUT2D eigenvalue weighted by Gasteiger charge is 2.27. The van der Waals surface area contributed by atoms with E-state index in [1.54, 1.807) is 0 Å². The molecule has 0 aliphatic heterocycles. The van der Waals surface area contributed by atoms with Gasteiger partial charge in [-0.25, -0.2) is 4.98 Å². The molecule has 0 unspecified atom stereocenters. The van der Waals surface area contributed by atoms with Gasteiger partial charge in [0.2, 0.25) is 5.88 Å². The molecule has 0 spiro atoms. The van der Waals surface area contributed by atoms with Crippen LogP contribution < -0.4 is 10.1 Å². The van der Waals surface area contributed by atoms with Crippen LogP contribution in [0, 0.1) is 13.8 Å². The Balaban J connectivity index is 1.87. The first-order valence-corrected chi connectivity index (χ1v) is 7.53. The fraction of sp³-hybridized carbons (Fsp3) is 0.412. The average molecular weight is 283 g/mol. The van der Waals surface area contributed by atoms with Crippen LogP contribution in [-0.4, -0.2) is 16.5 Å². The first-order valence-electron chi connectivity index (χ1n) is 7.53. The van der Waals surface area contributed by atoms with Crippen molar-refractivity contribution in [2.45, 2.75) is 39.5 Å². The Kier molecular flexibility index (Phi) is 3.78. The number of aromatic nitrogens is 2. The second-order valence-corrected chi connectivity index (χ2v) is 5.60. The van der Waals surface area contributed by atoms with Crippen LogP contribution in [-0.2, 0) is 0 Å². The highest BCUT2D eigenvalue weighted by atomic mass is 16.5. The summed E-state index contributed by atoms with van der Waals surface area (Å²) in [4.78, 5) is 9.11. The molecule has 1 aliphatic carbocycles. The zero-order valence-electron chi connectivity index (χ0n) is 12.8. The average Bonchev–Trinajstić information content (AvgIpc) is 3.28. The number of aryl methyl sites for hydroxylation is 2. The SMILES string of the molecule is CCNc1cc(Oc2ccc(C)c(C)c2)nc(C2CC2)n1. The second kappa shape index (κ2) is 5.72. The summed E-state index contributed by atoms with van der Waals surface area (Å²) < 4.78 is 5.93. The van der Waals surface area contributed by atoms with Gasteiger partial charge in [0.15, 0.2) is 0 Å². The fourth-order valence-electron chi connectivity index (χ4n) is 2.19. The summed E-state index contributed by atoms with van der Waals surface area (Å²) in [5.74, 6) is 3.68. The molecule has 1 aliphatic rings. The summed E-state index contributed by atoms with van der Waals surface area (Å²) in [5, 5.41) is 3.25. The van der Waals surface area contributed by atoms with Crippen molar-refractivity contribution in [3.05, 3.63) is 41.2 Å². The zero-order valence-corrected chi connectivity index (χ0v) is 12.8. The fourth-order valence-corrected chi connectivity index (χ4v) is 2.19. The van der Waals surface area contributed by atoms with Crippen molar-refractivity contribution in [3.63, 3.8) is 0 Å². The number of anilines is 1. The molecule has 0 bridgehead atoms. The Labute approximate surface area is 125 Å². The minimum Gasteiger partial charge on any atom is -0.439 e. The lowest BCUT2D eigenvalue weighted by atomic mass is 10.1. The monoisotopic (exact) mass is 283 g/mol. The molecule has 21 heavy (non-hydrogen) atoms. The first-order chi connectivity index (χ1) is 10.2. The van der Waals surface area contributed by atoms with Crippen molar-refractivity contribution >= 4 is 5.82 Å². The number of nitrogens with one attached hydrogen (secondary N) is 1. The van der Waals surface area contributed by atoms with Crippen LogP contribution in [0.15, 0.2) is 24.3 Å². The van der Waals surface area contributed by atoms with E-state index in [0.717, 1.165) is 23.9 Å². The molecule has 4 nitrogen and oxygen atoms in total. The van der Waals surface area contributed by atoms with Crippen LogP contribution in [0.4, 0.5) is 5.82 Å². The maximum Gasteiger partial charge on any atom is 0.224 e. The molecule has 0 amide bonds. The summed E-state index contributed by atoms with van der Waals surface area (Å²) in [6.45, 7) is 7.08. The molecule has 4 heteroatoms. The second-order valence-electron chi connectivity index (χ2n) is 5.60. The number of hydrogen-bond donors (Lipinski definition) is 1. The van der Waals surface area contributed by atoms with Crippen molar-refractivity contribution in [3.8, 4) is 11.6 Å². The van der Waals surface area contributed by atoms with Gasteiger partial charge in [0.1, 0.15) is 17.4 Å². The van der Waals surface area contributed by atoms with Crippen LogP contribution in [0.5, 0.6) is 11.6 Å². The molecule has 0 atom stereocenters. The summed E-state index contributed by atoms with van der Waals surface area (Å²) in [6, 6.07) is 7.96. The van der Waals surface area contributed by atoms with Crippen molar-refractivity contribution in [1.29, 1.82) is 0 Å². The van der Waals surface area contributed by atoms with E-state index in [1.165, 1.54) is 24.0 Å². The van der Waals surface area contributed by atoms with E-state index in [1.807, 2.05) is 18.2 Å². The van der Waals surface area contributed by atoms with Gasteiger partial charge in [-0.15, -0.1) is 0 Å². The third kappa shape index (κ3) is 3.32. The summed E-state index contributed by atoms with van der Waals surface area (Å²) in [7, 11) is 0. The van der Waals surface area contributed by atoms with Gasteiger partial charge in [0, 0.05) is 18.5 Å². The van der Waals surface area contributed by atoms with Gasteiger partial charge in [0.05, 0.1) is 0 Å². The topological polar surface area (TPSA) is 47.0 Å². The van der Waals surface area contributed by atoms with Gasteiger partial charge in [0.25, 0.3) is 0 Å². The Hall–Kier alpha value is -2.10. The lowest BCUT2D eigenvalue weighted by molar-refractivity contribution is 0.458. The zero-order chi connectivity index (χ0) is 14.8. The number of nitrogens with zero attached hydrogens (tertiary/aromatic N) is 2. The Morgan fingerprint density at radius 2 is 1.95 bits per heavy atom. The lowest BCUT2D eigenvalue weighted by Crippen LogP contribution is -2.04. The molecule has 110 valence electrons. The number of hydrogen-bond acceptors (Lipinski definition) is 4. The molecule has 1 fully saturated rings. The van der Waals surface area contributed by atoms with Gasteiger partial charge in [-0.05, 0) is 56.9 Å². The molecule has 1 heterocycles. The summed E-state index contributed by atoms with van der Waals surface area (Å²) in [5.41, 5.74) is 2.48. The number of benzene rings is 1. The normalized spacial score (nSPS) is 14.0. The van der Waals surface area contributed by atoms with Crippen LogP contribution in [0.3, 0.4) is 0 Å². The molecule has 2 aromatic rings. The third-order valence-electron chi connectivity index (χ3n) is 3.72. The minimum absolute atomic E-state index is 0.505. The van der Waals surface area contributed by atoms with Gasteiger partial charge in [-0.3, -0.25) is 0 Å². The highest BCUT2D eigenvalue weighted by molar-refractivity contribution is 5.42.